The largest absolute Gasteiger partial charge is 0.313 e. The molecule has 1 nitrogen and oxygen atoms in total. The van der Waals surface area contributed by atoms with Crippen LogP contribution in [0.1, 0.15) is 39.0 Å². The van der Waals surface area contributed by atoms with Crippen LogP contribution >= 0.6 is 0 Å². The van der Waals surface area contributed by atoms with Gasteiger partial charge in [0, 0.05) is 6.04 Å². The van der Waals surface area contributed by atoms with Crippen molar-refractivity contribution in [2.24, 2.45) is 11.8 Å². The first-order valence-electron chi connectivity index (χ1n) is 5.76. The molecule has 2 rings (SSSR count). The molecular formula is C12H21N. The van der Waals surface area contributed by atoms with Crippen molar-refractivity contribution >= 4 is 0 Å². The minimum Gasteiger partial charge on any atom is -0.313 e. The summed E-state index contributed by atoms with van der Waals surface area (Å²) < 4.78 is 0. The van der Waals surface area contributed by atoms with E-state index < -0.39 is 0 Å². The lowest BCUT2D eigenvalue weighted by atomic mass is 10.1. The van der Waals surface area contributed by atoms with E-state index in [-0.39, 0.29) is 0 Å². The first kappa shape index (κ1) is 9.26. The van der Waals surface area contributed by atoms with Crippen LogP contribution in [-0.2, 0) is 0 Å². The normalized spacial score (nSPS) is 23.2. The molecule has 1 heteroatoms. The van der Waals surface area contributed by atoms with E-state index in [1.165, 1.54) is 38.6 Å². The minimum absolute atomic E-state index is 0.880. The van der Waals surface area contributed by atoms with Crippen molar-refractivity contribution in [3.63, 3.8) is 0 Å². The molecule has 74 valence electrons. The van der Waals surface area contributed by atoms with Gasteiger partial charge in [-0.25, -0.2) is 0 Å². The summed E-state index contributed by atoms with van der Waals surface area (Å²) in [6, 6.07) is 0.880. The molecule has 0 atom stereocenters. The third-order valence-corrected chi connectivity index (χ3v) is 3.19. The number of allylic oxidation sites excluding steroid dienone is 1. The molecule has 0 bridgehead atoms. The van der Waals surface area contributed by atoms with Gasteiger partial charge in [0.2, 0.25) is 0 Å². The van der Waals surface area contributed by atoms with E-state index in [0.29, 0.717) is 0 Å². The Morgan fingerprint density at radius 1 is 1.23 bits per heavy atom. The van der Waals surface area contributed by atoms with Crippen LogP contribution in [0.5, 0.6) is 0 Å². The summed E-state index contributed by atoms with van der Waals surface area (Å²) >= 11 is 0. The van der Waals surface area contributed by atoms with Crippen molar-refractivity contribution < 1.29 is 0 Å². The highest BCUT2D eigenvalue weighted by Crippen LogP contribution is 2.44. The van der Waals surface area contributed by atoms with Gasteiger partial charge in [0.25, 0.3) is 0 Å². The molecule has 13 heavy (non-hydrogen) atoms. The van der Waals surface area contributed by atoms with Crippen molar-refractivity contribution in [2.45, 2.75) is 45.1 Å². The van der Waals surface area contributed by atoms with Crippen LogP contribution in [-0.4, -0.2) is 12.6 Å². The molecule has 0 saturated heterocycles. The topological polar surface area (TPSA) is 12.0 Å². The van der Waals surface area contributed by atoms with Crippen molar-refractivity contribution in [3.8, 4) is 0 Å². The highest BCUT2D eigenvalue weighted by molar-refractivity contribution is 4.96. The van der Waals surface area contributed by atoms with Crippen LogP contribution in [0.15, 0.2) is 12.2 Å². The van der Waals surface area contributed by atoms with Gasteiger partial charge >= 0.3 is 0 Å². The van der Waals surface area contributed by atoms with Gasteiger partial charge in [0.15, 0.2) is 0 Å². The summed E-state index contributed by atoms with van der Waals surface area (Å²) in [7, 11) is 0. The van der Waals surface area contributed by atoms with Gasteiger partial charge in [-0.3, -0.25) is 0 Å². The van der Waals surface area contributed by atoms with Crippen LogP contribution in [0.4, 0.5) is 0 Å². The summed E-state index contributed by atoms with van der Waals surface area (Å²) in [6.45, 7) is 3.28. The number of hydrogen-bond donors (Lipinski definition) is 1. The van der Waals surface area contributed by atoms with E-state index in [9.17, 15) is 0 Å². The lowest BCUT2D eigenvalue weighted by molar-refractivity contribution is 0.421. The first-order valence-corrected chi connectivity index (χ1v) is 5.76. The Morgan fingerprint density at radius 3 is 2.31 bits per heavy atom. The molecule has 0 heterocycles. The van der Waals surface area contributed by atoms with Crippen LogP contribution in [0, 0.1) is 11.8 Å². The predicted octanol–water partition coefficient (Wildman–Crippen LogP) is 2.73. The number of nitrogens with one attached hydrogen (secondary N) is 1. The molecule has 0 aromatic rings. The summed E-state index contributed by atoms with van der Waals surface area (Å²) in [5.41, 5.74) is 0. The maximum Gasteiger partial charge on any atom is 0.0124 e. The summed E-state index contributed by atoms with van der Waals surface area (Å²) in [4.78, 5) is 0. The Bertz CT molecular complexity index is 166. The molecule has 0 aromatic heterocycles. The zero-order valence-electron chi connectivity index (χ0n) is 8.63. The smallest absolute Gasteiger partial charge is 0.0124 e. The third-order valence-electron chi connectivity index (χ3n) is 3.19. The van der Waals surface area contributed by atoms with Crippen LogP contribution in [0.3, 0.4) is 0 Å². The highest BCUT2D eigenvalue weighted by atomic mass is 14.9. The molecule has 0 amide bonds. The molecule has 0 aromatic carbocycles. The monoisotopic (exact) mass is 179 g/mol. The second-order valence-electron chi connectivity index (χ2n) is 4.51. The standard InChI is InChI=1S/C12H21N/c1-2-3-4-9-13-12(10-5-6-10)11-7-8-11/h2-3,10-13H,4-9H2,1H3/b3-2+. The quantitative estimate of drug-likeness (QED) is 0.488. The molecular weight excluding hydrogens is 158 g/mol. The van der Waals surface area contributed by atoms with Crippen LogP contribution in [0.25, 0.3) is 0 Å². The molecule has 0 spiro atoms. The fourth-order valence-electron chi connectivity index (χ4n) is 2.13. The lowest BCUT2D eigenvalue weighted by Gasteiger charge is -2.16. The first-order chi connectivity index (χ1) is 6.42. The van der Waals surface area contributed by atoms with Gasteiger partial charge < -0.3 is 5.32 Å². The molecule has 2 aliphatic rings. The zero-order chi connectivity index (χ0) is 9.10. The predicted molar refractivity (Wildman–Crippen MR) is 56.7 cm³/mol. The minimum atomic E-state index is 0.880. The van der Waals surface area contributed by atoms with E-state index in [1.54, 1.807) is 0 Å². The third kappa shape index (κ3) is 2.84. The molecule has 1 N–H and O–H groups in total. The van der Waals surface area contributed by atoms with Gasteiger partial charge in [0.05, 0.1) is 0 Å². The van der Waals surface area contributed by atoms with Crippen molar-refractivity contribution in [1.82, 2.24) is 5.32 Å². The van der Waals surface area contributed by atoms with Crippen LogP contribution < -0.4 is 5.32 Å². The fraction of sp³-hybridized carbons (Fsp3) is 0.833. The maximum absolute atomic E-state index is 3.73. The summed E-state index contributed by atoms with van der Waals surface area (Å²) in [5.74, 6) is 2.08. The summed E-state index contributed by atoms with van der Waals surface area (Å²) in [5, 5.41) is 3.73. The van der Waals surface area contributed by atoms with Gasteiger partial charge in [-0.05, 0) is 57.4 Å². The molecule has 2 fully saturated rings. The van der Waals surface area contributed by atoms with Gasteiger partial charge in [-0.15, -0.1) is 0 Å². The number of rotatable bonds is 6. The van der Waals surface area contributed by atoms with E-state index >= 15 is 0 Å². The van der Waals surface area contributed by atoms with Crippen molar-refractivity contribution in [2.75, 3.05) is 6.54 Å². The second-order valence-corrected chi connectivity index (χ2v) is 4.51. The highest BCUT2D eigenvalue weighted by Gasteiger charge is 2.40. The van der Waals surface area contributed by atoms with Crippen molar-refractivity contribution in [3.05, 3.63) is 12.2 Å². The Morgan fingerprint density at radius 2 is 1.85 bits per heavy atom. The fourth-order valence-corrected chi connectivity index (χ4v) is 2.13. The zero-order valence-corrected chi connectivity index (χ0v) is 8.63. The average molecular weight is 179 g/mol. The Balaban J connectivity index is 1.64. The van der Waals surface area contributed by atoms with Gasteiger partial charge in [0.1, 0.15) is 0 Å². The van der Waals surface area contributed by atoms with E-state index in [4.69, 9.17) is 0 Å². The summed E-state index contributed by atoms with van der Waals surface area (Å²) in [6.07, 6.45) is 11.5. The second kappa shape index (κ2) is 4.28. The van der Waals surface area contributed by atoms with E-state index in [0.717, 1.165) is 17.9 Å². The number of hydrogen-bond acceptors (Lipinski definition) is 1. The molecule has 2 saturated carbocycles. The molecule has 0 radical (unpaired) electrons. The van der Waals surface area contributed by atoms with Gasteiger partial charge in [-0.1, -0.05) is 12.2 Å². The molecule has 2 aliphatic carbocycles. The average Bonchev–Trinajstić information content (AvgIpc) is 2.99. The molecule has 0 unspecified atom stereocenters. The maximum atomic E-state index is 3.73. The van der Waals surface area contributed by atoms with Crippen LogP contribution in [0.2, 0.25) is 0 Å². The lowest BCUT2D eigenvalue weighted by Crippen LogP contribution is -2.33. The van der Waals surface area contributed by atoms with Crippen molar-refractivity contribution in [1.29, 1.82) is 0 Å². The van der Waals surface area contributed by atoms with E-state index in [1.807, 2.05) is 0 Å². The Labute approximate surface area is 81.6 Å². The Kier molecular flexibility index (Phi) is 3.05. The van der Waals surface area contributed by atoms with E-state index in [2.05, 4.69) is 24.4 Å². The van der Waals surface area contributed by atoms with Gasteiger partial charge in [-0.2, -0.15) is 0 Å². The molecule has 0 aliphatic heterocycles. The SMILES string of the molecule is C/C=C/CCNC(C1CC1)C1CC1. The Hall–Kier alpha value is -0.300.